The molecule has 2 atom stereocenters. The van der Waals surface area contributed by atoms with Crippen molar-refractivity contribution in [2.24, 2.45) is 5.92 Å². The van der Waals surface area contributed by atoms with Crippen molar-refractivity contribution in [3.8, 4) is 0 Å². The molecule has 1 saturated heterocycles. The van der Waals surface area contributed by atoms with Gasteiger partial charge in [-0.1, -0.05) is 0 Å². The van der Waals surface area contributed by atoms with Crippen LogP contribution in [-0.4, -0.2) is 33.6 Å². The minimum absolute atomic E-state index is 0.0293. The zero-order chi connectivity index (χ0) is 13.9. The number of amides is 1. The van der Waals surface area contributed by atoms with Crippen LogP contribution in [0.2, 0.25) is 4.82 Å². The third-order valence-corrected chi connectivity index (χ3v) is 5.96. The molecule has 0 aliphatic carbocycles. The summed E-state index contributed by atoms with van der Waals surface area (Å²) in [5.41, 5.74) is 0. The molecule has 104 valence electrons. The molecule has 2 nitrogen and oxygen atoms in total. The third kappa shape index (κ3) is 4.25. The number of hydrogen-bond donors (Lipinski definition) is 1. The Balaban J connectivity index is 1.98. The molecule has 1 N–H and O–H groups in total. The number of nitrogens with one attached hydrogen (secondary N) is 1. The van der Waals surface area contributed by atoms with E-state index in [9.17, 15) is 18.0 Å². The number of alkyl halides is 3. The molecule has 0 aromatic heterocycles. The Kier molecular flexibility index (Phi) is 4.53. The van der Waals surface area contributed by atoms with Crippen molar-refractivity contribution in [3.05, 3.63) is 30.3 Å². The van der Waals surface area contributed by atoms with Gasteiger partial charge in [-0.2, -0.15) is 0 Å². The maximum absolute atomic E-state index is 12.3. The Bertz CT molecular complexity index is 435. The quantitative estimate of drug-likeness (QED) is 0.836. The first-order valence-electron chi connectivity index (χ1n) is 6.02. The van der Waals surface area contributed by atoms with Crippen LogP contribution in [0.15, 0.2) is 30.3 Å². The number of benzene rings is 1. The molecule has 1 heterocycles. The Morgan fingerprint density at radius 1 is 1.26 bits per heavy atom. The van der Waals surface area contributed by atoms with Crippen molar-refractivity contribution >= 4 is 25.3 Å². The molecule has 0 radical (unpaired) electrons. The second-order valence-corrected chi connectivity index (χ2v) is 7.06. The van der Waals surface area contributed by atoms with Gasteiger partial charge in [0.1, 0.15) is 0 Å². The first kappa shape index (κ1) is 14.4. The van der Waals surface area contributed by atoms with Gasteiger partial charge in [0.2, 0.25) is 0 Å². The SMILES string of the molecule is O=C1NCC(CCC(F)(F)F)C1[Se]c1ccccc1. The van der Waals surface area contributed by atoms with E-state index < -0.39 is 12.6 Å². The van der Waals surface area contributed by atoms with Crippen molar-refractivity contribution in [2.45, 2.75) is 23.8 Å². The Labute approximate surface area is 115 Å². The Hall–Kier alpha value is -1.00. The normalized spacial score (nSPS) is 23.4. The van der Waals surface area contributed by atoms with Gasteiger partial charge in [-0.25, -0.2) is 0 Å². The van der Waals surface area contributed by atoms with E-state index in [2.05, 4.69) is 5.32 Å². The van der Waals surface area contributed by atoms with Gasteiger partial charge in [-0.15, -0.1) is 0 Å². The van der Waals surface area contributed by atoms with E-state index in [-0.39, 0.29) is 38.0 Å². The first-order chi connectivity index (χ1) is 8.96. The van der Waals surface area contributed by atoms with Crippen LogP contribution in [0.25, 0.3) is 0 Å². The molecule has 2 unspecified atom stereocenters. The Morgan fingerprint density at radius 3 is 2.58 bits per heavy atom. The molecule has 0 spiro atoms. The number of rotatable bonds is 4. The van der Waals surface area contributed by atoms with E-state index in [4.69, 9.17) is 0 Å². The fraction of sp³-hybridized carbons (Fsp3) is 0.462. The Morgan fingerprint density at radius 2 is 1.95 bits per heavy atom. The second-order valence-electron chi connectivity index (χ2n) is 4.51. The zero-order valence-electron chi connectivity index (χ0n) is 10.1. The maximum atomic E-state index is 12.3. The van der Waals surface area contributed by atoms with E-state index in [0.29, 0.717) is 6.54 Å². The molecule has 0 saturated carbocycles. The molecule has 6 heteroatoms. The number of hydrogen-bond acceptors (Lipinski definition) is 1. The summed E-state index contributed by atoms with van der Waals surface area (Å²) < 4.78 is 37.8. The second kappa shape index (κ2) is 5.97. The molecular weight excluding hydrogens is 322 g/mol. The van der Waals surface area contributed by atoms with Gasteiger partial charge in [0, 0.05) is 0 Å². The monoisotopic (exact) mass is 337 g/mol. The fourth-order valence-electron chi connectivity index (χ4n) is 2.05. The van der Waals surface area contributed by atoms with Crippen LogP contribution in [0.5, 0.6) is 0 Å². The van der Waals surface area contributed by atoms with Crippen LogP contribution in [-0.2, 0) is 4.79 Å². The third-order valence-electron chi connectivity index (χ3n) is 3.03. The number of carbonyl (C=O) groups is 1. The van der Waals surface area contributed by atoms with Gasteiger partial charge >= 0.3 is 115 Å². The van der Waals surface area contributed by atoms with Crippen LogP contribution < -0.4 is 9.78 Å². The van der Waals surface area contributed by atoms with E-state index >= 15 is 0 Å². The molecule has 2 rings (SSSR count). The molecule has 1 aromatic rings. The minimum atomic E-state index is -4.14. The van der Waals surface area contributed by atoms with Crippen molar-refractivity contribution in [1.29, 1.82) is 0 Å². The van der Waals surface area contributed by atoms with Gasteiger partial charge in [-0.05, 0) is 0 Å². The molecule has 0 bridgehead atoms. The average molecular weight is 336 g/mol. The molecule has 1 amide bonds. The van der Waals surface area contributed by atoms with E-state index in [1.54, 1.807) is 0 Å². The van der Waals surface area contributed by atoms with Crippen LogP contribution >= 0.6 is 0 Å². The van der Waals surface area contributed by atoms with Crippen molar-refractivity contribution in [3.63, 3.8) is 0 Å². The summed E-state index contributed by atoms with van der Waals surface area (Å²) in [7, 11) is 0. The van der Waals surface area contributed by atoms with Gasteiger partial charge in [0.25, 0.3) is 0 Å². The van der Waals surface area contributed by atoms with Crippen molar-refractivity contribution < 1.29 is 18.0 Å². The van der Waals surface area contributed by atoms with Gasteiger partial charge in [0.15, 0.2) is 0 Å². The van der Waals surface area contributed by atoms with Crippen LogP contribution in [0.3, 0.4) is 0 Å². The van der Waals surface area contributed by atoms with Crippen molar-refractivity contribution in [1.82, 2.24) is 5.32 Å². The standard InChI is InChI=1S/C13H14F3NOSe/c14-13(15,16)7-6-9-8-17-12(18)11(9)19-10-4-2-1-3-5-10/h1-5,9,11H,6-8H2,(H,17,18). The summed E-state index contributed by atoms with van der Waals surface area (Å²) in [6, 6.07) is 9.50. The first-order valence-corrected chi connectivity index (χ1v) is 7.86. The van der Waals surface area contributed by atoms with Crippen LogP contribution in [0, 0.1) is 5.92 Å². The molecular formula is C13H14F3NOSe. The number of carbonyl (C=O) groups excluding carboxylic acids is 1. The van der Waals surface area contributed by atoms with Gasteiger partial charge in [-0.3, -0.25) is 0 Å². The topological polar surface area (TPSA) is 29.1 Å². The molecule has 1 aliphatic rings. The van der Waals surface area contributed by atoms with Crippen molar-refractivity contribution in [2.75, 3.05) is 6.54 Å². The summed E-state index contributed by atoms with van der Waals surface area (Å²) in [6.07, 6.45) is -4.93. The summed E-state index contributed by atoms with van der Waals surface area (Å²) in [4.78, 5) is 11.5. The summed E-state index contributed by atoms with van der Waals surface area (Å²) in [5, 5.41) is 2.69. The van der Waals surface area contributed by atoms with E-state index in [1.165, 1.54) is 0 Å². The zero-order valence-corrected chi connectivity index (χ0v) is 11.8. The predicted octanol–water partition coefficient (Wildman–Crippen LogP) is 1.89. The predicted molar refractivity (Wildman–Crippen MR) is 67.4 cm³/mol. The van der Waals surface area contributed by atoms with E-state index in [1.807, 2.05) is 30.3 Å². The van der Waals surface area contributed by atoms with Gasteiger partial charge < -0.3 is 0 Å². The van der Waals surface area contributed by atoms with Gasteiger partial charge in [0.05, 0.1) is 0 Å². The molecule has 1 fully saturated rings. The summed E-state index contributed by atoms with van der Waals surface area (Å²) >= 11 is -0.113. The average Bonchev–Trinajstić information content (AvgIpc) is 2.69. The fourth-order valence-corrected chi connectivity index (χ4v) is 4.62. The summed E-state index contributed by atoms with van der Waals surface area (Å²) in [5.74, 6) is -0.301. The van der Waals surface area contributed by atoms with Crippen LogP contribution in [0.1, 0.15) is 12.8 Å². The molecule has 1 aliphatic heterocycles. The van der Waals surface area contributed by atoms with Crippen LogP contribution in [0.4, 0.5) is 13.2 Å². The molecule has 19 heavy (non-hydrogen) atoms. The number of halogens is 3. The molecule has 1 aromatic carbocycles. The van der Waals surface area contributed by atoms with E-state index in [0.717, 1.165) is 4.46 Å². The summed E-state index contributed by atoms with van der Waals surface area (Å²) in [6.45, 7) is 0.369.